The average Bonchev–Trinajstić information content (AvgIpc) is 2.75. The maximum atomic E-state index is 12.8. The third-order valence-corrected chi connectivity index (χ3v) is 6.11. The van der Waals surface area contributed by atoms with Crippen LogP contribution in [0.25, 0.3) is 0 Å². The lowest BCUT2D eigenvalue weighted by atomic mass is 9.82. The Bertz CT molecular complexity index is 933. The third kappa shape index (κ3) is 5.60. The molecule has 180 valence electrons. The molecule has 3 amide bonds. The molecule has 1 aromatic heterocycles. The van der Waals surface area contributed by atoms with Crippen LogP contribution in [0.15, 0.2) is 18.3 Å². The second-order valence-electron chi connectivity index (χ2n) is 8.40. The molecule has 1 aliphatic heterocycles. The molecule has 0 aromatic carbocycles. The van der Waals surface area contributed by atoms with Gasteiger partial charge in [-0.3, -0.25) is 4.79 Å². The summed E-state index contributed by atoms with van der Waals surface area (Å²) < 4.78 is 41.7. The van der Waals surface area contributed by atoms with Crippen LogP contribution in [0.3, 0.4) is 0 Å². The zero-order valence-electron chi connectivity index (χ0n) is 17.9. The number of nitrogens with two attached hydrogens (primary N) is 1. The van der Waals surface area contributed by atoms with Crippen molar-refractivity contribution in [2.45, 2.75) is 63.7 Å². The highest BCUT2D eigenvalue weighted by Gasteiger charge is 2.57. The Hall–Kier alpha value is -3.18. The smallest absolute Gasteiger partial charge is 0.385 e. The summed E-state index contributed by atoms with van der Waals surface area (Å²) in [6.45, 7) is 1.77. The van der Waals surface area contributed by atoms with E-state index in [0.717, 1.165) is 32.1 Å². The van der Waals surface area contributed by atoms with Gasteiger partial charge < -0.3 is 15.8 Å². The molecule has 2 fully saturated rings. The van der Waals surface area contributed by atoms with Crippen LogP contribution in [0.4, 0.5) is 23.8 Å². The average molecular weight is 470 g/mol. The highest BCUT2D eigenvalue weighted by Crippen LogP contribution is 2.33. The van der Waals surface area contributed by atoms with Crippen LogP contribution in [-0.2, 0) is 25.5 Å². The van der Waals surface area contributed by atoms with Crippen LogP contribution in [0.2, 0.25) is 0 Å². The molecule has 3 N–H and O–H groups in total. The minimum atomic E-state index is -5.40. The van der Waals surface area contributed by atoms with Gasteiger partial charge in [0.25, 0.3) is 0 Å². The van der Waals surface area contributed by atoms with Crippen LogP contribution < -0.4 is 11.1 Å². The van der Waals surface area contributed by atoms with Crippen molar-refractivity contribution in [3.05, 3.63) is 23.9 Å². The Labute approximate surface area is 187 Å². The number of likely N-dealkylation sites (tertiary alicyclic amines) is 1. The first-order chi connectivity index (χ1) is 15.5. The topological polar surface area (TPSA) is 132 Å². The van der Waals surface area contributed by atoms with Gasteiger partial charge in [0.1, 0.15) is 5.82 Å². The Morgan fingerprint density at radius 1 is 1.27 bits per heavy atom. The monoisotopic (exact) mass is 470 g/mol. The van der Waals surface area contributed by atoms with Gasteiger partial charge in [-0.2, -0.15) is 13.2 Å². The van der Waals surface area contributed by atoms with Gasteiger partial charge in [-0.15, -0.1) is 0 Å². The summed E-state index contributed by atoms with van der Waals surface area (Å²) in [6.07, 6.45) is 0.779. The first-order valence-corrected chi connectivity index (χ1v) is 10.7. The maximum absolute atomic E-state index is 12.8. The van der Waals surface area contributed by atoms with Gasteiger partial charge >= 0.3 is 24.1 Å². The number of anilines is 1. The summed E-state index contributed by atoms with van der Waals surface area (Å²) in [5, 5.41) is 2.67. The molecular weight excluding hydrogens is 445 g/mol. The van der Waals surface area contributed by atoms with Crippen molar-refractivity contribution in [2.24, 2.45) is 11.8 Å². The number of aromatic nitrogens is 1. The first kappa shape index (κ1) is 24.5. The second-order valence-corrected chi connectivity index (χ2v) is 8.40. The molecule has 3 atom stereocenters. The Kier molecular flexibility index (Phi) is 7.23. The molecule has 0 radical (unpaired) electrons. The van der Waals surface area contributed by atoms with E-state index in [9.17, 15) is 32.3 Å². The van der Waals surface area contributed by atoms with Crippen molar-refractivity contribution in [2.75, 3.05) is 5.73 Å². The number of alkyl halides is 3. The number of nitrogens with one attached hydrogen (secondary N) is 1. The number of imide groups is 1. The summed E-state index contributed by atoms with van der Waals surface area (Å²) in [7, 11) is 0. The third-order valence-electron chi connectivity index (χ3n) is 6.11. The number of nitrogen functional groups attached to an aromatic ring is 1. The molecule has 9 nitrogen and oxygen atoms in total. The summed E-state index contributed by atoms with van der Waals surface area (Å²) >= 11 is 0. The number of esters is 2. The number of ether oxygens (including phenoxy) is 1. The molecule has 33 heavy (non-hydrogen) atoms. The van der Waals surface area contributed by atoms with E-state index in [1.54, 1.807) is 6.92 Å². The number of carbonyl (C=O) groups excluding carboxylic acids is 4. The number of amides is 3. The first-order valence-electron chi connectivity index (χ1n) is 10.7. The highest BCUT2D eigenvalue weighted by atomic mass is 19.4. The number of pyridine rings is 1. The largest absolute Gasteiger partial charge is 0.491 e. The fraction of sp³-hybridized carbons (Fsp3) is 0.571. The molecule has 3 rings (SSSR count). The molecular formula is C21H25F3N4O5. The minimum absolute atomic E-state index is 0.104. The summed E-state index contributed by atoms with van der Waals surface area (Å²) in [5.41, 5.74) is 6.09. The van der Waals surface area contributed by atoms with E-state index in [1.165, 1.54) is 18.3 Å². The standard InChI is InChI=1S/C21H25F3N4O5/c1-11(13-5-3-2-4-6-13)27-20(32)28-16(18(30)33-19(31)21(22,23)24)14(17(28)29)9-12-7-8-26-15(25)10-12/h7-8,10-11,13-14,16H,2-6,9H2,1H3,(H2,25,26)(H,27,32)/t11-,14?,16?/m1/s1. The molecule has 1 aliphatic carbocycles. The van der Waals surface area contributed by atoms with Crippen LogP contribution in [0, 0.1) is 11.8 Å². The van der Waals surface area contributed by atoms with Crippen LogP contribution in [0.5, 0.6) is 0 Å². The lowest BCUT2D eigenvalue weighted by Gasteiger charge is -2.44. The van der Waals surface area contributed by atoms with E-state index in [4.69, 9.17) is 5.73 Å². The van der Waals surface area contributed by atoms with E-state index in [1.807, 2.05) is 0 Å². The number of rotatable bonds is 5. The summed E-state index contributed by atoms with van der Waals surface area (Å²) in [5.74, 6) is -5.97. The Morgan fingerprint density at radius 2 is 1.94 bits per heavy atom. The van der Waals surface area contributed by atoms with Crippen molar-refractivity contribution < 1.29 is 37.1 Å². The Balaban J connectivity index is 1.77. The number of β-lactam (4-membered cyclic amide) rings is 1. The van der Waals surface area contributed by atoms with Crippen LogP contribution in [-0.4, -0.2) is 52.0 Å². The van der Waals surface area contributed by atoms with Gasteiger partial charge in [-0.1, -0.05) is 19.3 Å². The van der Waals surface area contributed by atoms with Gasteiger partial charge in [0.2, 0.25) is 5.91 Å². The Morgan fingerprint density at radius 3 is 2.55 bits per heavy atom. The van der Waals surface area contributed by atoms with E-state index in [2.05, 4.69) is 15.0 Å². The maximum Gasteiger partial charge on any atom is 0.491 e. The molecule has 2 unspecified atom stereocenters. The predicted octanol–water partition coefficient (Wildman–Crippen LogP) is 2.34. The lowest BCUT2D eigenvalue weighted by molar-refractivity contribution is -0.205. The fourth-order valence-corrected chi connectivity index (χ4v) is 4.34. The molecule has 2 heterocycles. The predicted molar refractivity (Wildman–Crippen MR) is 108 cm³/mol. The summed E-state index contributed by atoms with van der Waals surface area (Å²) in [4.78, 5) is 53.5. The van der Waals surface area contributed by atoms with Gasteiger partial charge in [0.15, 0.2) is 6.04 Å². The van der Waals surface area contributed by atoms with E-state index in [0.29, 0.717) is 10.5 Å². The SMILES string of the molecule is C[C@@H](NC(=O)N1C(=O)C(Cc2ccnc(N)c2)C1C(=O)OC(=O)C(F)(F)F)C1CCCCC1. The van der Waals surface area contributed by atoms with Crippen molar-refractivity contribution in [3.8, 4) is 0 Å². The molecule has 12 heteroatoms. The number of carbonyl (C=O) groups is 4. The molecule has 1 aromatic rings. The van der Waals surface area contributed by atoms with Gasteiger partial charge in [-0.25, -0.2) is 24.3 Å². The van der Waals surface area contributed by atoms with E-state index < -0.39 is 42.0 Å². The highest BCUT2D eigenvalue weighted by molar-refractivity contribution is 6.09. The van der Waals surface area contributed by atoms with Crippen molar-refractivity contribution in [3.63, 3.8) is 0 Å². The van der Waals surface area contributed by atoms with Gasteiger partial charge in [0.05, 0.1) is 5.92 Å². The molecule has 1 saturated heterocycles. The van der Waals surface area contributed by atoms with Crippen LogP contribution in [0.1, 0.15) is 44.6 Å². The zero-order chi connectivity index (χ0) is 24.3. The molecule has 2 aliphatic rings. The molecule has 0 spiro atoms. The number of halogens is 3. The van der Waals surface area contributed by atoms with Gasteiger partial charge in [-0.05, 0) is 49.8 Å². The van der Waals surface area contributed by atoms with E-state index >= 15 is 0 Å². The molecule has 1 saturated carbocycles. The van der Waals surface area contributed by atoms with Crippen molar-refractivity contribution >= 4 is 29.7 Å². The lowest BCUT2D eigenvalue weighted by Crippen LogP contribution is -2.69. The number of nitrogens with zero attached hydrogens (tertiary/aromatic N) is 2. The fourth-order valence-electron chi connectivity index (χ4n) is 4.34. The van der Waals surface area contributed by atoms with Crippen molar-refractivity contribution in [1.29, 1.82) is 0 Å². The minimum Gasteiger partial charge on any atom is -0.385 e. The van der Waals surface area contributed by atoms with Crippen molar-refractivity contribution in [1.82, 2.24) is 15.2 Å². The zero-order valence-corrected chi connectivity index (χ0v) is 17.9. The molecule has 0 bridgehead atoms. The van der Waals surface area contributed by atoms with E-state index in [-0.39, 0.29) is 24.2 Å². The number of hydrogen-bond acceptors (Lipinski definition) is 7. The number of hydrogen-bond donors (Lipinski definition) is 2. The second kappa shape index (κ2) is 9.75. The normalized spacial score (nSPS) is 22.3. The quantitative estimate of drug-likeness (QED) is 0.384. The van der Waals surface area contributed by atoms with Crippen LogP contribution >= 0.6 is 0 Å². The summed E-state index contributed by atoms with van der Waals surface area (Å²) in [6, 6.07) is 0.0467. The number of urea groups is 1. The van der Waals surface area contributed by atoms with Gasteiger partial charge in [0, 0.05) is 12.2 Å².